The molecule has 0 bridgehead atoms. The first-order valence-corrected chi connectivity index (χ1v) is 9.22. The molecule has 0 amide bonds. The molecule has 124 valence electrons. The van der Waals surface area contributed by atoms with Gasteiger partial charge < -0.3 is 10.4 Å². The zero-order valence-electron chi connectivity index (χ0n) is 12.5. The van der Waals surface area contributed by atoms with Gasteiger partial charge in [0.1, 0.15) is 5.82 Å². The SMILES string of the molecule is CS(=O)(=O)NC1CCC(NCC(O)c2cncc(F)c2)CC1. The highest BCUT2D eigenvalue weighted by atomic mass is 32.2. The number of hydrogen-bond donors (Lipinski definition) is 3. The lowest BCUT2D eigenvalue weighted by molar-refractivity contribution is 0.163. The Morgan fingerprint density at radius 2 is 1.95 bits per heavy atom. The van der Waals surface area contributed by atoms with Crippen molar-refractivity contribution in [2.75, 3.05) is 12.8 Å². The van der Waals surface area contributed by atoms with Crippen molar-refractivity contribution in [1.29, 1.82) is 0 Å². The van der Waals surface area contributed by atoms with Crippen LogP contribution in [0, 0.1) is 5.82 Å². The third kappa shape index (κ3) is 5.60. The van der Waals surface area contributed by atoms with Crippen LogP contribution in [0.3, 0.4) is 0 Å². The minimum Gasteiger partial charge on any atom is -0.387 e. The number of hydrogen-bond acceptors (Lipinski definition) is 5. The number of aliphatic hydroxyl groups excluding tert-OH is 1. The lowest BCUT2D eigenvalue weighted by Gasteiger charge is -2.29. The third-order valence-corrected chi connectivity index (χ3v) is 4.58. The van der Waals surface area contributed by atoms with Crippen molar-refractivity contribution in [3.63, 3.8) is 0 Å². The third-order valence-electron chi connectivity index (χ3n) is 3.82. The molecule has 0 aromatic carbocycles. The van der Waals surface area contributed by atoms with E-state index in [0.717, 1.165) is 31.9 Å². The van der Waals surface area contributed by atoms with E-state index in [4.69, 9.17) is 0 Å². The number of nitrogens with zero attached hydrogens (tertiary/aromatic N) is 1. The van der Waals surface area contributed by atoms with Crippen LogP contribution >= 0.6 is 0 Å². The van der Waals surface area contributed by atoms with Crippen molar-refractivity contribution in [3.05, 3.63) is 29.8 Å². The van der Waals surface area contributed by atoms with Crippen molar-refractivity contribution >= 4 is 10.0 Å². The van der Waals surface area contributed by atoms with E-state index in [1.54, 1.807) is 0 Å². The summed E-state index contributed by atoms with van der Waals surface area (Å²) in [4.78, 5) is 3.72. The summed E-state index contributed by atoms with van der Waals surface area (Å²) in [6.45, 7) is 0.319. The van der Waals surface area contributed by atoms with Gasteiger partial charge in [-0.25, -0.2) is 17.5 Å². The molecule has 0 saturated heterocycles. The molecule has 1 aliphatic carbocycles. The van der Waals surface area contributed by atoms with Gasteiger partial charge in [-0.2, -0.15) is 0 Å². The van der Waals surface area contributed by atoms with E-state index in [9.17, 15) is 17.9 Å². The van der Waals surface area contributed by atoms with E-state index in [2.05, 4.69) is 15.0 Å². The standard InChI is InChI=1S/C14H22FN3O3S/c1-22(20,21)18-13-4-2-12(3-5-13)17-9-14(19)10-6-11(15)8-16-7-10/h6-8,12-14,17-19H,2-5,9H2,1H3. The van der Waals surface area contributed by atoms with Crippen molar-refractivity contribution in [3.8, 4) is 0 Å². The first kappa shape index (κ1) is 17.3. The van der Waals surface area contributed by atoms with E-state index >= 15 is 0 Å². The summed E-state index contributed by atoms with van der Waals surface area (Å²) >= 11 is 0. The molecule has 1 unspecified atom stereocenters. The summed E-state index contributed by atoms with van der Waals surface area (Å²) in [6.07, 6.45) is 6.10. The van der Waals surface area contributed by atoms with Crippen molar-refractivity contribution in [2.45, 2.75) is 43.9 Å². The van der Waals surface area contributed by atoms with Crippen LogP contribution in [0.4, 0.5) is 4.39 Å². The Kier molecular flexibility index (Phi) is 5.85. The summed E-state index contributed by atoms with van der Waals surface area (Å²) in [5, 5.41) is 13.3. The largest absolute Gasteiger partial charge is 0.387 e. The zero-order valence-corrected chi connectivity index (χ0v) is 13.3. The van der Waals surface area contributed by atoms with E-state index < -0.39 is 21.9 Å². The number of aliphatic hydroxyl groups is 1. The highest BCUT2D eigenvalue weighted by Gasteiger charge is 2.23. The average molecular weight is 331 g/mol. The minimum absolute atomic E-state index is 0.00890. The summed E-state index contributed by atoms with van der Waals surface area (Å²) in [5.74, 6) is -0.469. The molecule has 22 heavy (non-hydrogen) atoms. The minimum atomic E-state index is -3.16. The van der Waals surface area contributed by atoms with Gasteiger partial charge in [0.05, 0.1) is 18.6 Å². The molecule has 0 radical (unpaired) electrons. The van der Waals surface area contributed by atoms with Gasteiger partial charge in [0.15, 0.2) is 0 Å². The second-order valence-corrected chi connectivity index (χ2v) is 7.58. The number of nitrogens with one attached hydrogen (secondary N) is 2. The number of halogens is 1. The molecule has 1 heterocycles. The Morgan fingerprint density at radius 3 is 2.55 bits per heavy atom. The van der Waals surface area contributed by atoms with Crippen LogP contribution in [0.25, 0.3) is 0 Å². The predicted molar refractivity (Wildman–Crippen MR) is 81.2 cm³/mol. The van der Waals surface area contributed by atoms with E-state index in [-0.39, 0.29) is 12.1 Å². The normalized spacial score (nSPS) is 24.1. The molecular weight excluding hydrogens is 309 g/mol. The number of sulfonamides is 1. The monoisotopic (exact) mass is 331 g/mol. The highest BCUT2D eigenvalue weighted by Crippen LogP contribution is 2.20. The molecule has 0 aliphatic heterocycles. The van der Waals surface area contributed by atoms with E-state index in [1.807, 2.05) is 0 Å². The lowest BCUT2D eigenvalue weighted by atomic mass is 9.91. The first-order chi connectivity index (χ1) is 10.3. The van der Waals surface area contributed by atoms with Gasteiger partial charge in [0, 0.05) is 30.4 Å². The Balaban J connectivity index is 1.75. The fraction of sp³-hybridized carbons (Fsp3) is 0.643. The van der Waals surface area contributed by atoms with Crippen molar-refractivity contribution < 1.29 is 17.9 Å². The van der Waals surface area contributed by atoms with Gasteiger partial charge in [-0.05, 0) is 31.7 Å². The lowest BCUT2D eigenvalue weighted by Crippen LogP contribution is -2.42. The van der Waals surface area contributed by atoms with Crippen LogP contribution in [0.5, 0.6) is 0 Å². The Morgan fingerprint density at radius 1 is 1.32 bits per heavy atom. The second kappa shape index (κ2) is 7.45. The molecule has 2 rings (SSSR count). The zero-order chi connectivity index (χ0) is 16.2. The summed E-state index contributed by atoms with van der Waals surface area (Å²) in [6, 6.07) is 1.49. The molecule has 6 nitrogen and oxygen atoms in total. The molecule has 1 aliphatic rings. The van der Waals surface area contributed by atoms with Gasteiger partial charge in [0.25, 0.3) is 0 Å². The van der Waals surface area contributed by atoms with Crippen LogP contribution in [0.1, 0.15) is 37.4 Å². The van der Waals surface area contributed by atoms with Gasteiger partial charge in [0.2, 0.25) is 10.0 Å². The van der Waals surface area contributed by atoms with Gasteiger partial charge in [-0.3, -0.25) is 4.98 Å². The van der Waals surface area contributed by atoms with Crippen LogP contribution in [-0.2, 0) is 10.0 Å². The number of rotatable bonds is 6. The number of aromatic nitrogens is 1. The molecule has 1 saturated carbocycles. The summed E-state index contributed by atoms with van der Waals surface area (Å²) in [5.41, 5.74) is 0.444. The Labute approximate surface area is 130 Å². The smallest absolute Gasteiger partial charge is 0.208 e. The Bertz CT molecular complexity index is 589. The molecule has 8 heteroatoms. The summed E-state index contributed by atoms with van der Waals surface area (Å²) in [7, 11) is -3.16. The molecule has 3 N–H and O–H groups in total. The maximum atomic E-state index is 13.1. The predicted octanol–water partition coefficient (Wildman–Crippen LogP) is 0.704. The molecule has 1 atom stereocenters. The highest BCUT2D eigenvalue weighted by molar-refractivity contribution is 7.88. The van der Waals surface area contributed by atoms with Crippen molar-refractivity contribution in [2.24, 2.45) is 0 Å². The summed E-state index contributed by atoms with van der Waals surface area (Å²) < 4.78 is 38.0. The Hall–Kier alpha value is -1.09. The molecule has 1 aromatic heterocycles. The van der Waals surface area contributed by atoms with E-state index in [1.165, 1.54) is 18.5 Å². The maximum absolute atomic E-state index is 13.1. The van der Waals surface area contributed by atoms with Crippen LogP contribution in [0.2, 0.25) is 0 Å². The maximum Gasteiger partial charge on any atom is 0.208 e. The molecular formula is C14H22FN3O3S. The van der Waals surface area contributed by atoms with Gasteiger partial charge >= 0.3 is 0 Å². The quantitative estimate of drug-likeness (QED) is 0.714. The van der Waals surface area contributed by atoms with Crippen LogP contribution in [0.15, 0.2) is 18.5 Å². The fourth-order valence-electron chi connectivity index (χ4n) is 2.72. The first-order valence-electron chi connectivity index (χ1n) is 7.32. The van der Waals surface area contributed by atoms with Crippen LogP contribution < -0.4 is 10.0 Å². The average Bonchev–Trinajstić information content (AvgIpc) is 2.44. The fourth-order valence-corrected chi connectivity index (χ4v) is 3.57. The van der Waals surface area contributed by atoms with E-state index in [0.29, 0.717) is 12.1 Å². The van der Waals surface area contributed by atoms with Gasteiger partial charge in [-0.15, -0.1) is 0 Å². The van der Waals surface area contributed by atoms with Crippen LogP contribution in [-0.4, -0.2) is 43.4 Å². The molecule has 1 aromatic rings. The molecule has 1 fully saturated rings. The topological polar surface area (TPSA) is 91.3 Å². The second-order valence-electron chi connectivity index (χ2n) is 5.80. The van der Waals surface area contributed by atoms with Crippen molar-refractivity contribution in [1.82, 2.24) is 15.0 Å². The number of pyridine rings is 1. The van der Waals surface area contributed by atoms with Gasteiger partial charge in [-0.1, -0.05) is 0 Å². The molecule has 0 spiro atoms.